The van der Waals surface area contributed by atoms with Gasteiger partial charge in [-0.15, -0.1) is 0 Å². The van der Waals surface area contributed by atoms with E-state index in [2.05, 4.69) is 4.90 Å². The highest BCUT2D eigenvalue weighted by Gasteiger charge is 2.17. The standard InChI is InChI=1S/C13H15N3O/c14-9-10-4-5-12(11(8-10)13(15)17)16-6-2-1-3-7-16/h4-5,8H,1-3,6-7H2,(H2,15,17). The van der Waals surface area contributed by atoms with Gasteiger partial charge in [0.25, 0.3) is 5.91 Å². The van der Waals surface area contributed by atoms with Crippen LogP contribution in [0.25, 0.3) is 0 Å². The molecular weight excluding hydrogens is 214 g/mol. The molecule has 0 spiro atoms. The van der Waals surface area contributed by atoms with E-state index in [9.17, 15) is 4.79 Å². The van der Waals surface area contributed by atoms with Gasteiger partial charge >= 0.3 is 0 Å². The number of primary amides is 1. The first-order valence-corrected chi connectivity index (χ1v) is 5.81. The molecule has 0 atom stereocenters. The lowest BCUT2D eigenvalue weighted by atomic mass is 10.0. The van der Waals surface area contributed by atoms with E-state index in [1.165, 1.54) is 6.42 Å². The minimum absolute atomic E-state index is 0.450. The summed E-state index contributed by atoms with van der Waals surface area (Å²) in [6.07, 6.45) is 3.51. The molecule has 17 heavy (non-hydrogen) atoms. The summed E-state index contributed by atoms with van der Waals surface area (Å²) < 4.78 is 0. The molecule has 1 aliphatic heterocycles. The Hall–Kier alpha value is -2.02. The van der Waals surface area contributed by atoms with Crippen LogP contribution in [0.5, 0.6) is 0 Å². The molecule has 0 unspecified atom stereocenters. The lowest BCUT2D eigenvalue weighted by Gasteiger charge is -2.30. The average Bonchev–Trinajstić information content (AvgIpc) is 2.39. The lowest BCUT2D eigenvalue weighted by Crippen LogP contribution is -2.31. The van der Waals surface area contributed by atoms with E-state index in [1.54, 1.807) is 12.1 Å². The van der Waals surface area contributed by atoms with Crippen LogP contribution in [-0.2, 0) is 0 Å². The SMILES string of the molecule is N#Cc1ccc(N2CCCCC2)c(C(N)=O)c1. The number of nitrogens with two attached hydrogens (primary N) is 1. The van der Waals surface area contributed by atoms with Crippen molar-refractivity contribution >= 4 is 11.6 Å². The van der Waals surface area contributed by atoms with E-state index in [0.29, 0.717) is 11.1 Å². The van der Waals surface area contributed by atoms with Crippen LogP contribution in [0, 0.1) is 11.3 Å². The number of piperidine rings is 1. The third-order valence-electron chi connectivity index (χ3n) is 3.09. The van der Waals surface area contributed by atoms with E-state index in [4.69, 9.17) is 11.0 Å². The zero-order valence-electron chi connectivity index (χ0n) is 9.65. The molecular formula is C13H15N3O. The van der Waals surface area contributed by atoms with E-state index in [1.807, 2.05) is 12.1 Å². The smallest absolute Gasteiger partial charge is 0.250 e. The number of hydrogen-bond donors (Lipinski definition) is 1. The Balaban J connectivity index is 2.38. The normalized spacial score (nSPS) is 15.4. The molecule has 88 valence electrons. The van der Waals surface area contributed by atoms with Gasteiger partial charge in [-0.25, -0.2) is 0 Å². The molecule has 0 radical (unpaired) electrons. The second-order valence-electron chi connectivity index (χ2n) is 4.26. The number of nitriles is 1. The fraction of sp³-hybridized carbons (Fsp3) is 0.385. The highest BCUT2D eigenvalue weighted by molar-refractivity contribution is 5.99. The first kappa shape index (κ1) is 11.5. The summed E-state index contributed by atoms with van der Waals surface area (Å²) in [5.74, 6) is -0.470. The van der Waals surface area contributed by atoms with Gasteiger partial charge in [0.05, 0.1) is 17.2 Å². The summed E-state index contributed by atoms with van der Waals surface area (Å²) in [4.78, 5) is 13.6. The van der Waals surface area contributed by atoms with Crippen LogP contribution in [0.15, 0.2) is 18.2 Å². The number of carbonyl (C=O) groups excluding carboxylic acids is 1. The van der Waals surface area contributed by atoms with Gasteiger partial charge < -0.3 is 10.6 Å². The van der Waals surface area contributed by atoms with Crippen molar-refractivity contribution in [2.75, 3.05) is 18.0 Å². The number of benzene rings is 1. The Bertz CT molecular complexity index is 470. The predicted molar refractivity (Wildman–Crippen MR) is 65.7 cm³/mol. The Morgan fingerprint density at radius 2 is 2.00 bits per heavy atom. The fourth-order valence-electron chi connectivity index (χ4n) is 2.21. The minimum Gasteiger partial charge on any atom is -0.371 e. The van der Waals surface area contributed by atoms with E-state index < -0.39 is 5.91 Å². The molecule has 1 aliphatic rings. The van der Waals surface area contributed by atoms with Gasteiger partial charge in [-0.1, -0.05) is 0 Å². The Morgan fingerprint density at radius 3 is 2.59 bits per heavy atom. The van der Waals surface area contributed by atoms with Crippen molar-refractivity contribution < 1.29 is 4.79 Å². The van der Waals surface area contributed by atoms with Crippen molar-refractivity contribution in [3.63, 3.8) is 0 Å². The van der Waals surface area contributed by atoms with E-state index in [0.717, 1.165) is 31.6 Å². The quantitative estimate of drug-likeness (QED) is 0.838. The van der Waals surface area contributed by atoms with E-state index in [-0.39, 0.29) is 0 Å². The molecule has 1 heterocycles. The van der Waals surface area contributed by atoms with Gasteiger partial charge in [-0.05, 0) is 37.5 Å². The second kappa shape index (κ2) is 4.88. The zero-order valence-corrected chi connectivity index (χ0v) is 9.65. The summed E-state index contributed by atoms with van der Waals surface area (Å²) in [6, 6.07) is 7.16. The van der Waals surface area contributed by atoms with Crippen LogP contribution in [-0.4, -0.2) is 19.0 Å². The number of hydrogen-bond acceptors (Lipinski definition) is 3. The number of anilines is 1. The van der Waals surface area contributed by atoms with Crippen LogP contribution in [0.3, 0.4) is 0 Å². The summed E-state index contributed by atoms with van der Waals surface area (Å²) in [6.45, 7) is 1.90. The summed E-state index contributed by atoms with van der Waals surface area (Å²) in [5, 5.41) is 8.83. The molecule has 1 aromatic carbocycles. The van der Waals surface area contributed by atoms with Gasteiger partial charge in [-0.2, -0.15) is 5.26 Å². The lowest BCUT2D eigenvalue weighted by molar-refractivity contribution is 0.100. The number of amides is 1. The van der Waals surface area contributed by atoms with Crippen LogP contribution in [0.4, 0.5) is 5.69 Å². The van der Waals surface area contributed by atoms with Crippen molar-refractivity contribution in [2.24, 2.45) is 5.73 Å². The average molecular weight is 229 g/mol. The molecule has 1 amide bonds. The van der Waals surface area contributed by atoms with Gasteiger partial charge in [0.2, 0.25) is 0 Å². The van der Waals surface area contributed by atoms with Gasteiger partial charge in [-0.3, -0.25) is 4.79 Å². The number of nitrogens with zero attached hydrogens (tertiary/aromatic N) is 2. The maximum Gasteiger partial charge on any atom is 0.250 e. The molecule has 0 saturated carbocycles. The molecule has 2 rings (SSSR count). The van der Waals surface area contributed by atoms with Crippen LogP contribution in [0.1, 0.15) is 35.2 Å². The first-order valence-electron chi connectivity index (χ1n) is 5.81. The highest BCUT2D eigenvalue weighted by atomic mass is 16.1. The minimum atomic E-state index is -0.470. The molecule has 0 aliphatic carbocycles. The molecule has 1 saturated heterocycles. The van der Waals surface area contributed by atoms with Crippen LogP contribution < -0.4 is 10.6 Å². The summed E-state index contributed by atoms with van der Waals surface area (Å²) in [7, 11) is 0. The topological polar surface area (TPSA) is 70.1 Å². The Morgan fingerprint density at radius 1 is 1.29 bits per heavy atom. The van der Waals surface area contributed by atoms with Gasteiger partial charge in [0, 0.05) is 18.8 Å². The Kier molecular flexibility index (Phi) is 3.29. The van der Waals surface area contributed by atoms with Crippen LogP contribution in [0.2, 0.25) is 0 Å². The van der Waals surface area contributed by atoms with Crippen molar-refractivity contribution in [2.45, 2.75) is 19.3 Å². The first-order chi connectivity index (χ1) is 8.22. The molecule has 0 aromatic heterocycles. The van der Waals surface area contributed by atoms with Crippen LogP contribution >= 0.6 is 0 Å². The fourth-order valence-corrected chi connectivity index (χ4v) is 2.21. The van der Waals surface area contributed by atoms with Gasteiger partial charge in [0.1, 0.15) is 0 Å². The highest BCUT2D eigenvalue weighted by Crippen LogP contribution is 2.24. The molecule has 4 nitrogen and oxygen atoms in total. The second-order valence-corrected chi connectivity index (χ2v) is 4.26. The molecule has 0 bridgehead atoms. The monoisotopic (exact) mass is 229 g/mol. The van der Waals surface area contributed by atoms with Gasteiger partial charge in [0.15, 0.2) is 0 Å². The van der Waals surface area contributed by atoms with Crippen molar-refractivity contribution in [3.05, 3.63) is 29.3 Å². The largest absolute Gasteiger partial charge is 0.371 e. The van der Waals surface area contributed by atoms with Crippen molar-refractivity contribution in [1.82, 2.24) is 0 Å². The Labute approximate surface area is 101 Å². The molecule has 2 N–H and O–H groups in total. The maximum absolute atomic E-state index is 11.4. The maximum atomic E-state index is 11.4. The summed E-state index contributed by atoms with van der Waals surface area (Å²) in [5.41, 5.74) is 7.15. The zero-order chi connectivity index (χ0) is 12.3. The predicted octanol–water partition coefficient (Wildman–Crippen LogP) is 1.65. The summed E-state index contributed by atoms with van der Waals surface area (Å²) >= 11 is 0. The molecule has 4 heteroatoms. The van der Waals surface area contributed by atoms with Crippen molar-refractivity contribution in [3.8, 4) is 6.07 Å². The third-order valence-corrected chi connectivity index (χ3v) is 3.09. The van der Waals surface area contributed by atoms with Crippen molar-refractivity contribution in [1.29, 1.82) is 5.26 Å². The molecule has 1 fully saturated rings. The number of carbonyl (C=O) groups is 1. The number of rotatable bonds is 2. The molecule has 1 aromatic rings. The van der Waals surface area contributed by atoms with E-state index >= 15 is 0 Å². The third kappa shape index (κ3) is 2.39.